The minimum Gasteiger partial charge on any atom is -0.481 e. The van der Waals surface area contributed by atoms with Gasteiger partial charge in [0.25, 0.3) is 0 Å². The highest BCUT2D eigenvalue weighted by Crippen LogP contribution is 2.37. The number of aliphatic hydroxyl groups excluding tert-OH is 1. The Bertz CT molecular complexity index is 693. The maximum absolute atomic E-state index is 13.8. The monoisotopic (exact) mass is 345 g/mol. The van der Waals surface area contributed by atoms with Gasteiger partial charge in [-0.2, -0.15) is 4.31 Å². The molecule has 0 unspecified atom stereocenters. The summed E-state index contributed by atoms with van der Waals surface area (Å²) in [7, 11) is -4.16. The third kappa shape index (κ3) is 3.11. The topological polar surface area (TPSA) is 94.9 Å². The quantitative estimate of drug-likeness (QED) is 0.842. The van der Waals surface area contributed by atoms with Gasteiger partial charge in [0.2, 0.25) is 10.0 Å². The zero-order valence-electron chi connectivity index (χ0n) is 12.8. The van der Waals surface area contributed by atoms with Gasteiger partial charge < -0.3 is 10.2 Å². The summed E-state index contributed by atoms with van der Waals surface area (Å²) in [6.07, 6.45) is -0.504. The summed E-state index contributed by atoms with van der Waals surface area (Å²) in [5, 5.41) is 19.7. The molecule has 0 aliphatic carbocycles. The summed E-state index contributed by atoms with van der Waals surface area (Å²) in [5.74, 6) is -2.12. The number of hydrogen-bond acceptors (Lipinski definition) is 4. The van der Waals surface area contributed by atoms with E-state index in [1.807, 2.05) is 0 Å². The molecule has 1 heterocycles. The van der Waals surface area contributed by atoms with Gasteiger partial charge in [-0.25, -0.2) is 12.8 Å². The number of carbonyl (C=O) groups is 1. The van der Waals surface area contributed by atoms with Crippen LogP contribution in [0, 0.1) is 11.2 Å². The maximum Gasteiger partial charge on any atom is 0.313 e. The number of carboxylic acid groups (broad SMARTS) is 1. The van der Waals surface area contributed by atoms with Crippen LogP contribution >= 0.6 is 0 Å². The Morgan fingerprint density at radius 2 is 2.09 bits per heavy atom. The van der Waals surface area contributed by atoms with E-state index in [-0.39, 0.29) is 25.9 Å². The Morgan fingerprint density at radius 1 is 1.43 bits per heavy atom. The number of sulfonamides is 1. The standard InChI is InChI=1S/C15H20FNO5S/c1-2-8-15(14(19)20)10-17(9-7-13(15)18)23(21,22)12-6-4-3-5-11(12)16/h3-6,13,18H,2,7-10H2,1H3,(H,19,20)/t13-,15+/m1/s1. The fourth-order valence-electron chi connectivity index (χ4n) is 3.05. The van der Waals surface area contributed by atoms with E-state index in [1.54, 1.807) is 6.92 Å². The van der Waals surface area contributed by atoms with Crippen LogP contribution in [0.1, 0.15) is 26.2 Å². The number of aliphatic hydroxyl groups is 1. The van der Waals surface area contributed by atoms with Crippen molar-refractivity contribution in [3.8, 4) is 0 Å². The molecule has 0 spiro atoms. The van der Waals surface area contributed by atoms with Gasteiger partial charge in [0.1, 0.15) is 16.1 Å². The van der Waals surface area contributed by atoms with E-state index in [0.29, 0.717) is 6.42 Å². The van der Waals surface area contributed by atoms with E-state index in [0.717, 1.165) is 16.4 Å². The second kappa shape index (κ2) is 6.54. The Labute approximate surface area is 134 Å². The van der Waals surface area contributed by atoms with Crippen molar-refractivity contribution in [1.82, 2.24) is 4.31 Å². The number of piperidine rings is 1. The van der Waals surface area contributed by atoms with E-state index in [9.17, 15) is 27.8 Å². The minimum absolute atomic E-state index is 0.0000172. The van der Waals surface area contributed by atoms with Crippen LogP contribution in [0.5, 0.6) is 0 Å². The molecule has 23 heavy (non-hydrogen) atoms. The van der Waals surface area contributed by atoms with Crippen molar-refractivity contribution in [3.63, 3.8) is 0 Å². The van der Waals surface area contributed by atoms with Gasteiger partial charge in [-0.05, 0) is 25.0 Å². The molecule has 2 rings (SSSR count). The zero-order valence-corrected chi connectivity index (χ0v) is 13.6. The second-order valence-electron chi connectivity index (χ2n) is 5.78. The second-order valence-corrected chi connectivity index (χ2v) is 7.69. The lowest BCUT2D eigenvalue weighted by atomic mass is 9.74. The Kier molecular flexibility index (Phi) is 5.07. The number of halogens is 1. The fourth-order valence-corrected chi connectivity index (χ4v) is 4.64. The lowest BCUT2D eigenvalue weighted by molar-refractivity contribution is -0.161. The number of hydrogen-bond donors (Lipinski definition) is 2. The van der Waals surface area contributed by atoms with E-state index >= 15 is 0 Å². The summed E-state index contributed by atoms with van der Waals surface area (Å²) in [6.45, 7) is 1.35. The van der Waals surface area contributed by atoms with Crippen molar-refractivity contribution in [2.75, 3.05) is 13.1 Å². The van der Waals surface area contributed by atoms with Gasteiger partial charge in [0, 0.05) is 13.1 Å². The van der Waals surface area contributed by atoms with Crippen LogP contribution in [-0.4, -0.2) is 48.1 Å². The summed E-state index contributed by atoms with van der Waals surface area (Å²) in [5.41, 5.74) is -1.56. The van der Waals surface area contributed by atoms with E-state index in [1.165, 1.54) is 12.1 Å². The Balaban J connectivity index is 2.41. The molecule has 2 atom stereocenters. The van der Waals surface area contributed by atoms with Gasteiger partial charge in [-0.1, -0.05) is 25.5 Å². The molecule has 1 aromatic carbocycles. The molecule has 0 saturated carbocycles. The average Bonchev–Trinajstić information content (AvgIpc) is 2.49. The van der Waals surface area contributed by atoms with Crippen molar-refractivity contribution in [2.45, 2.75) is 37.2 Å². The van der Waals surface area contributed by atoms with Crippen LogP contribution in [0.4, 0.5) is 4.39 Å². The molecule has 6 nitrogen and oxygen atoms in total. The smallest absolute Gasteiger partial charge is 0.313 e. The van der Waals surface area contributed by atoms with Crippen molar-refractivity contribution < 1.29 is 27.8 Å². The predicted molar refractivity (Wildman–Crippen MR) is 80.8 cm³/mol. The van der Waals surface area contributed by atoms with Crippen LogP contribution in [0.25, 0.3) is 0 Å². The third-order valence-electron chi connectivity index (χ3n) is 4.32. The molecule has 8 heteroatoms. The normalized spacial score (nSPS) is 26.1. The van der Waals surface area contributed by atoms with Crippen molar-refractivity contribution in [3.05, 3.63) is 30.1 Å². The SMILES string of the molecule is CCC[C@]1(C(=O)O)CN(S(=O)(=O)c2ccccc2F)CC[C@H]1O. The van der Waals surface area contributed by atoms with Gasteiger partial charge in [0.05, 0.1) is 6.10 Å². The molecule has 2 N–H and O–H groups in total. The minimum atomic E-state index is -4.16. The first-order valence-corrected chi connectivity index (χ1v) is 8.86. The molecular weight excluding hydrogens is 325 g/mol. The lowest BCUT2D eigenvalue weighted by Crippen LogP contribution is -2.57. The molecule has 0 aromatic heterocycles. The first kappa shape index (κ1) is 17.8. The molecule has 0 radical (unpaired) electrons. The summed E-state index contributed by atoms with van der Waals surface area (Å²) >= 11 is 0. The first-order chi connectivity index (χ1) is 10.8. The predicted octanol–water partition coefficient (Wildman–Crippen LogP) is 1.45. The van der Waals surface area contributed by atoms with Crippen LogP contribution < -0.4 is 0 Å². The average molecular weight is 345 g/mol. The maximum atomic E-state index is 13.8. The Morgan fingerprint density at radius 3 is 2.65 bits per heavy atom. The first-order valence-electron chi connectivity index (χ1n) is 7.42. The van der Waals surface area contributed by atoms with Crippen molar-refractivity contribution in [2.24, 2.45) is 5.41 Å². The van der Waals surface area contributed by atoms with E-state index < -0.39 is 38.2 Å². The highest BCUT2D eigenvalue weighted by atomic mass is 32.2. The molecule has 1 aliphatic heterocycles. The molecule has 1 aromatic rings. The number of nitrogens with zero attached hydrogens (tertiary/aromatic N) is 1. The van der Waals surface area contributed by atoms with Crippen molar-refractivity contribution >= 4 is 16.0 Å². The molecule has 128 valence electrons. The summed E-state index contributed by atoms with van der Waals surface area (Å²) < 4.78 is 40.1. The van der Waals surface area contributed by atoms with Crippen LogP contribution in [0.2, 0.25) is 0 Å². The molecule has 1 aliphatic rings. The molecular formula is C15H20FNO5S. The number of aliphatic carboxylic acids is 1. The summed E-state index contributed by atoms with van der Waals surface area (Å²) in [6, 6.07) is 4.98. The van der Waals surface area contributed by atoms with Gasteiger partial charge in [0.15, 0.2) is 0 Å². The highest BCUT2D eigenvalue weighted by Gasteiger charge is 2.51. The third-order valence-corrected chi connectivity index (χ3v) is 6.20. The van der Waals surface area contributed by atoms with Crippen LogP contribution in [-0.2, 0) is 14.8 Å². The summed E-state index contributed by atoms with van der Waals surface area (Å²) in [4.78, 5) is 11.2. The fraction of sp³-hybridized carbons (Fsp3) is 0.533. The molecule has 1 saturated heterocycles. The number of rotatable bonds is 5. The van der Waals surface area contributed by atoms with Crippen LogP contribution in [0.3, 0.4) is 0 Å². The van der Waals surface area contributed by atoms with Crippen LogP contribution in [0.15, 0.2) is 29.2 Å². The van der Waals surface area contributed by atoms with Crippen molar-refractivity contribution in [1.29, 1.82) is 0 Å². The molecule has 1 fully saturated rings. The highest BCUT2D eigenvalue weighted by molar-refractivity contribution is 7.89. The Hall–Kier alpha value is -1.51. The molecule has 0 amide bonds. The zero-order chi connectivity index (χ0) is 17.3. The number of benzene rings is 1. The largest absolute Gasteiger partial charge is 0.481 e. The van der Waals surface area contributed by atoms with Gasteiger partial charge in [-0.3, -0.25) is 4.79 Å². The van der Waals surface area contributed by atoms with E-state index in [4.69, 9.17) is 0 Å². The number of carboxylic acids is 1. The van der Waals surface area contributed by atoms with Gasteiger partial charge >= 0.3 is 5.97 Å². The van der Waals surface area contributed by atoms with E-state index in [2.05, 4.69) is 0 Å². The lowest BCUT2D eigenvalue weighted by Gasteiger charge is -2.42. The van der Waals surface area contributed by atoms with Gasteiger partial charge in [-0.15, -0.1) is 0 Å². The molecule has 0 bridgehead atoms.